The highest BCUT2D eigenvalue weighted by molar-refractivity contribution is 6.11. The first kappa shape index (κ1) is 16.3. The summed E-state index contributed by atoms with van der Waals surface area (Å²) >= 11 is 0. The number of nitro benzene ring substituents is 1. The van der Waals surface area contributed by atoms with Crippen molar-refractivity contribution >= 4 is 29.7 Å². The van der Waals surface area contributed by atoms with Crippen molar-refractivity contribution in [3.8, 4) is 0 Å². The molecule has 0 radical (unpaired) electrons. The maximum atomic E-state index is 11.9. The largest absolute Gasteiger partial charge is 0.403 e. The van der Waals surface area contributed by atoms with E-state index >= 15 is 0 Å². The molecule has 0 fully saturated rings. The van der Waals surface area contributed by atoms with Gasteiger partial charge in [-0.2, -0.15) is 0 Å². The summed E-state index contributed by atoms with van der Waals surface area (Å²) in [6.45, 7) is 1.66. The molecule has 0 N–H and O–H groups in total. The number of aliphatic imine (C=N–C) groups is 1. The molecule has 0 spiro atoms. The molecule has 6 heteroatoms. The standard InChI is InChI=1S/C19H14N2O4/c1-13-7-8-15(12-17(13)21(23)24)11-16-19(22)25-18(20-16)10-9-14-5-3-2-4-6-14/h2-12H,1H3/b10-9+,16-11-. The predicted molar refractivity (Wildman–Crippen MR) is 94.8 cm³/mol. The van der Waals surface area contributed by atoms with E-state index in [1.165, 1.54) is 12.1 Å². The molecule has 1 heterocycles. The van der Waals surface area contributed by atoms with Crippen LogP contribution in [0.5, 0.6) is 0 Å². The van der Waals surface area contributed by atoms with Crippen LogP contribution in [-0.4, -0.2) is 16.8 Å². The fourth-order valence-electron chi connectivity index (χ4n) is 2.30. The summed E-state index contributed by atoms with van der Waals surface area (Å²) in [5, 5.41) is 11.0. The van der Waals surface area contributed by atoms with Crippen molar-refractivity contribution in [2.75, 3.05) is 0 Å². The van der Waals surface area contributed by atoms with Gasteiger partial charge in [0.15, 0.2) is 5.70 Å². The Labute approximate surface area is 143 Å². The number of carbonyl (C=O) groups is 1. The first-order valence-corrected chi connectivity index (χ1v) is 7.54. The van der Waals surface area contributed by atoms with Crippen LogP contribution < -0.4 is 0 Å². The van der Waals surface area contributed by atoms with Gasteiger partial charge in [-0.15, -0.1) is 0 Å². The van der Waals surface area contributed by atoms with Gasteiger partial charge in [-0.25, -0.2) is 9.79 Å². The van der Waals surface area contributed by atoms with Crippen LogP contribution in [0.2, 0.25) is 0 Å². The molecule has 0 atom stereocenters. The summed E-state index contributed by atoms with van der Waals surface area (Å²) in [6.07, 6.45) is 4.86. The molecule has 2 aromatic rings. The maximum absolute atomic E-state index is 11.9. The molecule has 0 aliphatic carbocycles. The SMILES string of the molecule is Cc1ccc(/C=C2N=C(/C=C/c3ccccc3)OC\2=O)cc1[N+](=O)[O-]. The number of nitrogens with zero attached hydrogens (tertiary/aromatic N) is 2. The number of hydrogen-bond acceptors (Lipinski definition) is 5. The lowest BCUT2D eigenvalue weighted by Crippen LogP contribution is -2.01. The van der Waals surface area contributed by atoms with Gasteiger partial charge in [-0.1, -0.05) is 42.5 Å². The number of ether oxygens (including phenoxy) is 1. The molecular weight excluding hydrogens is 320 g/mol. The Bertz CT molecular complexity index is 928. The van der Waals surface area contributed by atoms with Crippen LogP contribution in [0.15, 0.2) is 65.3 Å². The normalized spacial score (nSPS) is 15.5. The van der Waals surface area contributed by atoms with Gasteiger partial charge < -0.3 is 4.74 Å². The summed E-state index contributed by atoms with van der Waals surface area (Å²) in [5.74, 6) is -0.405. The third kappa shape index (κ3) is 3.87. The lowest BCUT2D eigenvalue weighted by molar-refractivity contribution is -0.385. The molecule has 0 unspecified atom stereocenters. The second kappa shape index (κ2) is 6.92. The van der Waals surface area contributed by atoms with E-state index in [0.717, 1.165) is 5.56 Å². The van der Waals surface area contributed by atoms with E-state index in [1.54, 1.807) is 31.2 Å². The van der Waals surface area contributed by atoms with E-state index in [9.17, 15) is 14.9 Å². The second-order valence-electron chi connectivity index (χ2n) is 5.42. The number of carbonyl (C=O) groups excluding carboxylic acids is 1. The van der Waals surface area contributed by atoms with Crippen LogP contribution in [0.1, 0.15) is 16.7 Å². The van der Waals surface area contributed by atoms with E-state index in [-0.39, 0.29) is 17.3 Å². The van der Waals surface area contributed by atoms with Crippen LogP contribution in [0.4, 0.5) is 5.69 Å². The molecule has 0 saturated heterocycles. The topological polar surface area (TPSA) is 81.8 Å². The molecule has 0 saturated carbocycles. The summed E-state index contributed by atoms with van der Waals surface area (Å²) in [7, 11) is 0. The number of esters is 1. The highest BCUT2D eigenvalue weighted by Gasteiger charge is 2.21. The van der Waals surface area contributed by atoms with Gasteiger partial charge in [0, 0.05) is 17.7 Å². The Morgan fingerprint density at radius 2 is 1.84 bits per heavy atom. The van der Waals surface area contributed by atoms with Crippen LogP contribution in [-0.2, 0) is 9.53 Å². The molecule has 25 heavy (non-hydrogen) atoms. The van der Waals surface area contributed by atoms with Crippen LogP contribution in [0.3, 0.4) is 0 Å². The van der Waals surface area contributed by atoms with Crippen LogP contribution >= 0.6 is 0 Å². The number of aryl methyl sites for hydroxylation is 1. The molecule has 3 rings (SSSR count). The number of nitro groups is 1. The molecule has 2 aromatic carbocycles. The Kier molecular flexibility index (Phi) is 4.52. The number of cyclic esters (lactones) is 1. The zero-order chi connectivity index (χ0) is 17.8. The summed E-state index contributed by atoms with van der Waals surface area (Å²) in [6, 6.07) is 14.3. The van der Waals surface area contributed by atoms with E-state index < -0.39 is 10.9 Å². The summed E-state index contributed by atoms with van der Waals surface area (Å²) < 4.78 is 5.09. The van der Waals surface area contributed by atoms with Gasteiger partial charge in [0.25, 0.3) is 5.69 Å². The third-order valence-corrected chi connectivity index (χ3v) is 3.59. The summed E-state index contributed by atoms with van der Waals surface area (Å²) in [5.41, 5.74) is 2.12. The highest BCUT2D eigenvalue weighted by atomic mass is 16.6. The van der Waals surface area contributed by atoms with Gasteiger partial charge in [0.2, 0.25) is 5.90 Å². The van der Waals surface area contributed by atoms with Gasteiger partial charge in [0.05, 0.1) is 4.92 Å². The average Bonchev–Trinajstić information content (AvgIpc) is 2.95. The zero-order valence-electron chi connectivity index (χ0n) is 13.4. The predicted octanol–water partition coefficient (Wildman–Crippen LogP) is 3.91. The van der Waals surface area contributed by atoms with Crippen molar-refractivity contribution in [3.05, 3.63) is 87.1 Å². The molecular formula is C19H14N2O4. The van der Waals surface area contributed by atoms with Crippen molar-refractivity contribution in [1.82, 2.24) is 0 Å². The maximum Gasteiger partial charge on any atom is 0.363 e. The molecule has 0 amide bonds. The first-order valence-electron chi connectivity index (χ1n) is 7.54. The lowest BCUT2D eigenvalue weighted by atomic mass is 10.1. The molecule has 0 aromatic heterocycles. The summed E-state index contributed by atoms with van der Waals surface area (Å²) in [4.78, 5) is 26.6. The second-order valence-corrected chi connectivity index (χ2v) is 5.42. The molecule has 1 aliphatic rings. The smallest absolute Gasteiger partial charge is 0.363 e. The highest BCUT2D eigenvalue weighted by Crippen LogP contribution is 2.22. The van der Waals surface area contributed by atoms with Crippen LogP contribution in [0, 0.1) is 17.0 Å². The molecule has 6 nitrogen and oxygen atoms in total. The van der Waals surface area contributed by atoms with Gasteiger partial charge in [-0.05, 0) is 30.2 Å². The minimum absolute atomic E-state index is 0.00566. The van der Waals surface area contributed by atoms with Gasteiger partial charge in [0.1, 0.15) is 0 Å². The molecule has 124 valence electrons. The fourth-order valence-corrected chi connectivity index (χ4v) is 2.30. The first-order chi connectivity index (χ1) is 12.0. The van der Waals surface area contributed by atoms with Crippen molar-refractivity contribution in [3.63, 3.8) is 0 Å². The number of benzene rings is 2. The molecule has 0 bridgehead atoms. The Hall–Kier alpha value is -3.54. The Morgan fingerprint density at radius 3 is 2.56 bits per heavy atom. The van der Waals surface area contributed by atoms with E-state index in [2.05, 4.69) is 4.99 Å². The van der Waals surface area contributed by atoms with Crippen LogP contribution in [0.25, 0.3) is 12.2 Å². The van der Waals surface area contributed by atoms with E-state index in [4.69, 9.17) is 4.74 Å². The lowest BCUT2D eigenvalue weighted by Gasteiger charge is -1.98. The zero-order valence-corrected chi connectivity index (χ0v) is 13.4. The van der Waals surface area contributed by atoms with Gasteiger partial charge in [-0.3, -0.25) is 10.1 Å². The van der Waals surface area contributed by atoms with Crippen molar-refractivity contribution in [2.24, 2.45) is 4.99 Å². The van der Waals surface area contributed by atoms with Crippen molar-refractivity contribution in [1.29, 1.82) is 0 Å². The van der Waals surface area contributed by atoms with E-state index in [0.29, 0.717) is 11.1 Å². The monoisotopic (exact) mass is 334 g/mol. The number of hydrogen-bond donors (Lipinski definition) is 0. The van der Waals surface area contributed by atoms with Gasteiger partial charge >= 0.3 is 5.97 Å². The minimum Gasteiger partial charge on any atom is -0.403 e. The average molecular weight is 334 g/mol. The van der Waals surface area contributed by atoms with Crippen molar-refractivity contribution < 1.29 is 14.5 Å². The third-order valence-electron chi connectivity index (χ3n) is 3.59. The quantitative estimate of drug-likeness (QED) is 0.367. The Morgan fingerprint density at radius 1 is 1.08 bits per heavy atom. The molecule has 1 aliphatic heterocycles. The van der Waals surface area contributed by atoms with E-state index in [1.807, 2.05) is 30.3 Å². The Balaban J connectivity index is 1.85. The minimum atomic E-state index is -0.587. The number of rotatable bonds is 4. The fraction of sp³-hybridized carbons (Fsp3) is 0.0526. The van der Waals surface area contributed by atoms with Crippen molar-refractivity contribution in [2.45, 2.75) is 6.92 Å².